The zero-order valence-corrected chi connectivity index (χ0v) is 12.2. The normalized spacial score (nSPS) is 20.2. The fourth-order valence-electron chi connectivity index (χ4n) is 1.85. The Kier molecular flexibility index (Phi) is 7.56. The molecule has 0 saturated carbocycles. The molecule has 1 aliphatic rings. The third-order valence-electron chi connectivity index (χ3n) is 3.10. The molecule has 1 saturated heterocycles. The topological polar surface area (TPSA) is 64.6 Å². The molecule has 2 atom stereocenters. The third kappa shape index (κ3) is 5.96. The van der Waals surface area contributed by atoms with E-state index in [0.29, 0.717) is 0 Å². The second kappa shape index (κ2) is 9.24. The van der Waals surface area contributed by atoms with E-state index in [1.807, 2.05) is 0 Å². The summed E-state index contributed by atoms with van der Waals surface area (Å²) in [7, 11) is 0. The van der Waals surface area contributed by atoms with Crippen molar-refractivity contribution >= 4 is 12.1 Å². The predicted octanol–water partition coefficient (Wildman–Crippen LogP) is 2.39. The lowest BCUT2D eigenvalue weighted by molar-refractivity contribution is -0.174. The number of carbonyl (C=O) groups is 2. The number of alkyl carbamates (subject to hydrolysis) is 1. The lowest BCUT2D eigenvalue weighted by Crippen LogP contribution is -2.58. The molecule has 1 heterocycles. The molecule has 0 aliphatic carbocycles. The number of esters is 1. The number of rotatable bonds is 7. The van der Waals surface area contributed by atoms with Crippen molar-refractivity contribution in [3.8, 4) is 11.8 Å². The van der Waals surface area contributed by atoms with Crippen LogP contribution in [-0.4, -0.2) is 30.8 Å². The van der Waals surface area contributed by atoms with Crippen LogP contribution in [0.2, 0.25) is 0 Å². The average Bonchev–Trinajstić information content (AvgIpc) is 2.43. The molecule has 20 heavy (non-hydrogen) atoms. The second-order valence-electron chi connectivity index (χ2n) is 4.86. The number of hydrogen-bond acceptors (Lipinski definition) is 4. The molecule has 1 fully saturated rings. The van der Waals surface area contributed by atoms with Crippen molar-refractivity contribution in [2.75, 3.05) is 6.61 Å². The van der Waals surface area contributed by atoms with Gasteiger partial charge in [-0.2, -0.15) is 0 Å². The quantitative estimate of drug-likeness (QED) is 0.442. The largest absolute Gasteiger partial charge is 0.458 e. The van der Waals surface area contributed by atoms with Gasteiger partial charge in [-0.3, -0.25) is 0 Å². The first-order valence-corrected chi connectivity index (χ1v) is 7.24. The Bertz CT molecular complexity index is 383. The zero-order chi connectivity index (χ0) is 14.8. The van der Waals surface area contributed by atoms with Crippen LogP contribution in [0, 0.1) is 11.8 Å². The van der Waals surface area contributed by atoms with E-state index in [9.17, 15) is 9.59 Å². The van der Waals surface area contributed by atoms with Gasteiger partial charge in [0.2, 0.25) is 0 Å². The Morgan fingerprint density at radius 1 is 1.30 bits per heavy atom. The number of nitrogens with one attached hydrogen (secondary N) is 1. The number of amides is 1. The summed E-state index contributed by atoms with van der Waals surface area (Å²) in [6.45, 7) is 3.95. The van der Waals surface area contributed by atoms with Gasteiger partial charge in [-0.15, -0.1) is 0 Å². The van der Waals surface area contributed by atoms with Crippen molar-refractivity contribution in [2.24, 2.45) is 0 Å². The Labute approximate surface area is 120 Å². The maximum absolute atomic E-state index is 11.3. The molecular formula is C15H23NO4. The van der Waals surface area contributed by atoms with Crippen LogP contribution in [0.1, 0.15) is 52.4 Å². The summed E-state index contributed by atoms with van der Waals surface area (Å²) < 4.78 is 9.57. The molecule has 0 aromatic rings. The van der Waals surface area contributed by atoms with E-state index in [-0.39, 0.29) is 12.7 Å². The van der Waals surface area contributed by atoms with E-state index in [0.717, 1.165) is 12.8 Å². The highest BCUT2D eigenvalue weighted by Gasteiger charge is 2.40. The van der Waals surface area contributed by atoms with Gasteiger partial charge in [-0.25, -0.2) is 9.59 Å². The first kappa shape index (κ1) is 16.4. The van der Waals surface area contributed by atoms with Gasteiger partial charge < -0.3 is 14.8 Å². The van der Waals surface area contributed by atoms with E-state index in [2.05, 4.69) is 24.1 Å². The van der Waals surface area contributed by atoms with Crippen LogP contribution in [0.3, 0.4) is 0 Å². The Balaban J connectivity index is 2.00. The number of unbranched alkanes of at least 4 members (excludes halogenated alkanes) is 5. The van der Waals surface area contributed by atoms with Gasteiger partial charge >= 0.3 is 12.1 Å². The molecule has 1 aliphatic heterocycles. The monoisotopic (exact) mass is 281 g/mol. The average molecular weight is 281 g/mol. The van der Waals surface area contributed by atoms with Crippen LogP contribution in [0.4, 0.5) is 4.79 Å². The van der Waals surface area contributed by atoms with Crippen LogP contribution in [0.25, 0.3) is 0 Å². The molecule has 1 rings (SSSR count). The first-order valence-electron chi connectivity index (χ1n) is 7.24. The van der Waals surface area contributed by atoms with E-state index in [1.165, 1.54) is 25.7 Å². The molecule has 0 aromatic carbocycles. The molecule has 1 amide bonds. The van der Waals surface area contributed by atoms with Crippen molar-refractivity contribution in [3.05, 3.63) is 0 Å². The van der Waals surface area contributed by atoms with Gasteiger partial charge in [0.05, 0.1) is 0 Å². The lowest BCUT2D eigenvalue weighted by atomic mass is 10.1. The first-order chi connectivity index (χ1) is 9.65. The molecule has 0 bridgehead atoms. The number of cyclic esters (lactones) is 1. The van der Waals surface area contributed by atoms with Crippen molar-refractivity contribution in [2.45, 2.75) is 64.5 Å². The molecule has 1 N–H and O–H groups in total. The van der Waals surface area contributed by atoms with Crippen LogP contribution in [0.15, 0.2) is 0 Å². The highest BCUT2D eigenvalue weighted by Crippen LogP contribution is 2.13. The molecule has 0 radical (unpaired) electrons. The van der Waals surface area contributed by atoms with Crippen molar-refractivity contribution in [3.63, 3.8) is 0 Å². The smallest absolute Gasteiger partial charge is 0.408 e. The van der Waals surface area contributed by atoms with Crippen molar-refractivity contribution in [1.82, 2.24) is 5.32 Å². The minimum atomic E-state index is -0.629. The van der Waals surface area contributed by atoms with E-state index in [1.54, 1.807) is 6.92 Å². The molecule has 0 aromatic heterocycles. The molecule has 5 heteroatoms. The van der Waals surface area contributed by atoms with Crippen LogP contribution < -0.4 is 5.32 Å². The Morgan fingerprint density at radius 3 is 2.70 bits per heavy atom. The highest BCUT2D eigenvalue weighted by atomic mass is 16.6. The SMILES string of the molecule is CCCCCCCC#CCOC(=O)N[C@H]1C(=O)O[C@H]1C. The maximum atomic E-state index is 11.3. The van der Waals surface area contributed by atoms with Gasteiger partial charge in [-0.1, -0.05) is 44.4 Å². The van der Waals surface area contributed by atoms with Crippen molar-refractivity contribution < 1.29 is 19.1 Å². The minimum absolute atomic E-state index is 0.0525. The number of ether oxygens (including phenoxy) is 2. The summed E-state index contributed by atoms with van der Waals surface area (Å²) in [5.41, 5.74) is 0. The van der Waals surface area contributed by atoms with E-state index < -0.39 is 18.1 Å². The Morgan fingerprint density at radius 2 is 2.05 bits per heavy atom. The minimum Gasteiger partial charge on any atom is -0.458 e. The summed E-state index contributed by atoms with van der Waals surface area (Å²) >= 11 is 0. The van der Waals surface area contributed by atoms with Gasteiger partial charge in [0.15, 0.2) is 12.6 Å². The van der Waals surface area contributed by atoms with Gasteiger partial charge in [0.1, 0.15) is 6.10 Å². The fourth-order valence-corrected chi connectivity index (χ4v) is 1.85. The molecule has 0 unspecified atom stereocenters. The highest BCUT2D eigenvalue weighted by molar-refractivity contribution is 5.86. The molecule has 5 nitrogen and oxygen atoms in total. The third-order valence-corrected chi connectivity index (χ3v) is 3.10. The van der Waals surface area contributed by atoms with Crippen LogP contribution in [-0.2, 0) is 14.3 Å². The predicted molar refractivity (Wildman–Crippen MR) is 75.0 cm³/mol. The molecular weight excluding hydrogens is 258 g/mol. The summed E-state index contributed by atoms with van der Waals surface area (Å²) in [5, 5.41) is 2.44. The summed E-state index contributed by atoms with van der Waals surface area (Å²) in [4.78, 5) is 22.3. The fraction of sp³-hybridized carbons (Fsp3) is 0.733. The van der Waals surface area contributed by atoms with E-state index in [4.69, 9.17) is 9.47 Å². The van der Waals surface area contributed by atoms with Gasteiger partial charge in [0, 0.05) is 6.42 Å². The zero-order valence-electron chi connectivity index (χ0n) is 12.2. The maximum Gasteiger partial charge on any atom is 0.408 e. The van der Waals surface area contributed by atoms with Gasteiger partial charge in [0.25, 0.3) is 0 Å². The van der Waals surface area contributed by atoms with Crippen LogP contribution >= 0.6 is 0 Å². The summed E-state index contributed by atoms with van der Waals surface area (Å²) in [6, 6.07) is -0.589. The van der Waals surface area contributed by atoms with Crippen molar-refractivity contribution in [1.29, 1.82) is 0 Å². The standard InChI is InChI=1S/C15H23NO4/c1-3-4-5-6-7-8-9-10-11-19-15(18)16-13-12(2)20-14(13)17/h12-13H,3-8,11H2,1-2H3,(H,16,18)/t12-,13+/m0/s1. The second-order valence-corrected chi connectivity index (χ2v) is 4.86. The Hall–Kier alpha value is -1.70. The number of carbonyl (C=O) groups excluding carboxylic acids is 2. The summed E-state index contributed by atoms with van der Waals surface area (Å²) in [5.74, 6) is 5.34. The van der Waals surface area contributed by atoms with Crippen LogP contribution in [0.5, 0.6) is 0 Å². The molecule has 112 valence electrons. The van der Waals surface area contributed by atoms with E-state index >= 15 is 0 Å². The molecule has 0 spiro atoms. The van der Waals surface area contributed by atoms with Gasteiger partial charge in [-0.05, 0) is 13.3 Å². The number of hydrogen-bond donors (Lipinski definition) is 1. The lowest BCUT2D eigenvalue weighted by Gasteiger charge is -2.32. The summed E-state index contributed by atoms with van der Waals surface area (Å²) in [6.07, 6.45) is 5.98.